The van der Waals surface area contributed by atoms with Crippen LogP contribution in [0.15, 0.2) is 18.2 Å². The first-order chi connectivity index (χ1) is 8.58. The molecule has 0 heterocycles. The van der Waals surface area contributed by atoms with Crippen LogP contribution in [0.25, 0.3) is 0 Å². The number of anilines is 1. The van der Waals surface area contributed by atoms with E-state index in [9.17, 15) is 5.11 Å². The summed E-state index contributed by atoms with van der Waals surface area (Å²) < 4.78 is 0. The van der Waals surface area contributed by atoms with E-state index in [1.807, 2.05) is 19.2 Å². The van der Waals surface area contributed by atoms with Gasteiger partial charge in [0.2, 0.25) is 0 Å². The van der Waals surface area contributed by atoms with Crippen molar-refractivity contribution in [2.24, 2.45) is 0 Å². The number of hydrogen-bond acceptors (Lipinski definition) is 3. The molecule has 4 heteroatoms. The van der Waals surface area contributed by atoms with Gasteiger partial charge in [-0.2, -0.15) is 0 Å². The van der Waals surface area contributed by atoms with E-state index in [0.29, 0.717) is 0 Å². The van der Waals surface area contributed by atoms with Crippen LogP contribution in [-0.4, -0.2) is 29.2 Å². The molecule has 100 valence electrons. The molecule has 0 spiro atoms. The van der Waals surface area contributed by atoms with Crippen LogP contribution in [0.2, 0.25) is 5.02 Å². The lowest BCUT2D eigenvalue weighted by Gasteiger charge is -2.35. The number of aliphatic hydroxyl groups is 1. The van der Waals surface area contributed by atoms with Crippen LogP contribution in [0.4, 0.5) is 5.69 Å². The normalized spacial score (nSPS) is 24.4. The van der Waals surface area contributed by atoms with Crippen molar-refractivity contribution in [3.05, 3.63) is 28.8 Å². The Morgan fingerprint density at radius 3 is 2.83 bits per heavy atom. The lowest BCUT2D eigenvalue weighted by atomic mass is 9.91. The van der Waals surface area contributed by atoms with Crippen molar-refractivity contribution in [1.29, 1.82) is 0 Å². The molecule has 3 nitrogen and oxygen atoms in total. The molecule has 2 unspecified atom stereocenters. The molecule has 0 radical (unpaired) electrons. The highest BCUT2D eigenvalue weighted by Crippen LogP contribution is 2.26. The Labute approximate surface area is 114 Å². The van der Waals surface area contributed by atoms with Crippen LogP contribution in [0.5, 0.6) is 0 Å². The van der Waals surface area contributed by atoms with Gasteiger partial charge in [0.1, 0.15) is 0 Å². The minimum absolute atomic E-state index is 0.219. The maximum atomic E-state index is 10.0. The Balaban J connectivity index is 2.05. The van der Waals surface area contributed by atoms with Crippen LogP contribution < -0.4 is 5.73 Å². The highest BCUT2D eigenvalue weighted by molar-refractivity contribution is 6.31. The molecule has 1 aromatic carbocycles. The first kappa shape index (κ1) is 13.7. The molecule has 1 fully saturated rings. The standard InChI is InChI=1S/C14H21ClN2O/c1-17(13-4-2-3-5-14(13)18)9-10-8-11(16)6-7-12(10)15/h6-8,13-14,18H,2-5,9,16H2,1H3. The maximum Gasteiger partial charge on any atom is 0.0695 e. The summed E-state index contributed by atoms with van der Waals surface area (Å²) in [6.45, 7) is 0.728. The lowest BCUT2D eigenvalue weighted by Crippen LogP contribution is -2.42. The lowest BCUT2D eigenvalue weighted by molar-refractivity contribution is 0.0288. The summed E-state index contributed by atoms with van der Waals surface area (Å²) in [5.74, 6) is 0. The molecule has 0 amide bonds. The number of nitrogen functional groups attached to an aromatic ring is 1. The SMILES string of the molecule is CN(Cc1cc(N)ccc1Cl)C1CCCCC1O. The quantitative estimate of drug-likeness (QED) is 0.829. The molecule has 1 aliphatic carbocycles. The van der Waals surface area contributed by atoms with Gasteiger partial charge in [-0.05, 0) is 43.7 Å². The monoisotopic (exact) mass is 268 g/mol. The molecule has 0 bridgehead atoms. The number of hydrogen-bond donors (Lipinski definition) is 2. The Hall–Kier alpha value is -0.770. The van der Waals surface area contributed by atoms with Crippen LogP contribution in [-0.2, 0) is 6.54 Å². The molecule has 2 atom stereocenters. The predicted octanol–water partition coefficient (Wildman–Crippen LogP) is 2.66. The summed E-state index contributed by atoms with van der Waals surface area (Å²) in [7, 11) is 2.04. The number of halogens is 1. The fraction of sp³-hybridized carbons (Fsp3) is 0.571. The molecule has 1 aromatic rings. The number of aliphatic hydroxyl groups excluding tert-OH is 1. The van der Waals surface area contributed by atoms with E-state index < -0.39 is 0 Å². The highest BCUT2D eigenvalue weighted by atomic mass is 35.5. The van der Waals surface area contributed by atoms with Crippen LogP contribution in [0.1, 0.15) is 31.2 Å². The molecule has 0 aliphatic heterocycles. The Kier molecular flexibility index (Phi) is 4.49. The van der Waals surface area contributed by atoms with Crippen molar-refractivity contribution >= 4 is 17.3 Å². The number of rotatable bonds is 3. The minimum atomic E-state index is -0.219. The maximum absolute atomic E-state index is 10.0. The van der Waals surface area contributed by atoms with Crippen molar-refractivity contribution in [3.63, 3.8) is 0 Å². The number of nitrogens with two attached hydrogens (primary N) is 1. The summed E-state index contributed by atoms with van der Waals surface area (Å²) in [5.41, 5.74) is 7.54. The highest BCUT2D eigenvalue weighted by Gasteiger charge is 2.26. The number of nitrogens with zero attached hydrogens (tertiary/aromatic N) is 1. The molecule has 3 N–H and O–H groups in total. The molecule has 0 saturated heterocycles. The molecule has 1 saturated carbocycles. The van der Waals surface area contributed by atoms with Crippen LogP contribution >= 0.6 is 11.6 Å². The summed E-state index contributed by atoms with van der Waals surface area (Å²) in [4.78, 5) is 2.18. The Morgan fingerprint density at radius 1 is 1.39 bits per heavy atom. The van der Waals surface area contributed by atoms with Gasteiger partial charge in [-0.1, -0.05) is 24.4 Å². The summed E-state index contributed by atoms with van der Waals surface area (Å²) in [6, 6.07) is 5.78. The second-order valence-electron chi connectivity index (χ2n) is 5.19. The van der Waals surface area contributed by atoms with Crippen molar-refractivity contribution < 1.29 is 5.11 Å². The predicted molar refractivity (Wildman–Crippen MR) is 75.6 cm³/mol. The second-order valence-corrected chi connectivity index (χ2v) is 5.59. The summed E-state index contributed by atoms with van der Waals surface area (Å²) in [6.07, 6.45) is 4.06. The van der Waals surface area contributed by atoms with Gasteiger partial charge in [0, 0.05) is 23.3 Å². The molecule has 0 aromatic heterocycles. The Bertz CT molecular complexity index is 411. The first-order valence-corrected chi connectivity index (χ1v) is 6.88. The molecular formula is C14H21ClN2O. The van der Waals surface area contributed by atoms with Crippen molar-refractivity contribution in [2.75, 3.05) is 12.8 Å². The van der Waals surface area contributed by atoms with Gasteiger partial charge in [0.05, 0.1) is 6.10 Å². The van der Waals surface area contributed by atoms with Crippen LogP contribution in [0.3, 0.4) is 0 Å². The van der Waals surface area contributed by atoms with Gasteiger partial charge in [-0.25, -0.2) is 0 Å². The third kappa shape index (κ3) is 3.16. The first-order valence-electron chi connectivity index (χ1n) is 6.50. The second kappa shape index (κ2) is 5.91. The third-order valence-electron chi connectivity index (χ3n) is 3.75. The topological polar surface area (TPSA) is 49.5 Å². The molecule has 1 aliphatic rings. The van der Waals surface area contributed by atoms with Crippen molar-refractivity contribution in [1.82, 2.24) is 4.90 Å². The fourth-order valence-corrected chi connectivity index (χ4v) is 2.88. The van der Waals surface area contributed by atoms with E-state index in [1.54, 1.807) is 6.07 Å². The van der Waals surface area contributed by atoms with E-state index in [0.717, 1.165) is 42.1 Å². The zero-order chi connectivity index (χ0) is 13.1. The summed E-state index contributed by atoms with van der Waals surface area (Å²) in [5, 5.41) is 10.8. The molecular weight excluding hydrogens is 248 g/mol. The zero-order valence-corrected chi connectivity index (χ0v) is 11.5. The van der Waals surface area contributed by atoms with Gasteiger partial charge >= 0.3 is 0 Å². The van der Waals surface area contributed by atoms with E-state index >= 15 is 0 Å². The zero-order valence-electron chi connectivity index (χ0n) is 10.8. The number of benzene rings is 1. The molecule has 2 rings (SSSR count). The van der Waals surface area contributed by atoms with E-state index in [4.69, 9.17) is 17.3 Å². The van der Waals surface area contributed by atoms with E-state index in [1.165, 1.54) is 6.42 Å². The van der Waals surface area contributed by atoms with Crippen molar-refractivity contribution in [3.8, 4) is 0 Å². The minimum Gasteiger partial charge on any atom is -0.399 e. The fourth-order valence-electron chi connectivity index (χ4n) is 2.71. The van der Waals surface area contributed by atoms with E-state index in [2.05, 4.69) is 4.90 Å². The van der Waals surface area contributed by atoms with Gasteiger partial charge < -0.3 is 10.8 Å². The summed E-state index contributed by atoms with van der Waals surface area (Å²) >= 11 is 6.17. The van der Waals surface area contributed by atoms with Gasteiger partial charge in [-0.3, -0.25) is 4.90 Å². The molecule has 18 heavy (non-hydrogen) atoms. The van der Waals surface area contributed by atoms with E-state index in [-0.39, 0.29) is 12.1 Å². The average molecular weight is 269 g/mol. The van der Waals surface area contributed by atoms with Gasteiger partial charge in [-0.15, -0.1) is 0 Å². The van der Waals surface area contributed by atoms with Gasteiger partial charge in [0.25, 0.3) is 0 Å². The van der Waals surface area contributed by atoms with Gasteiger partial charge in [0.15, 0.2) is 0 Å². The third-order valence-corrected chi connectivity index (χ3v) is 4.12. The van der Waals surface area contributed by atoms with Crippen LogP contribution in [0, 0.1) is 0 Å². The van der Waals surface area contributed by atoms with Crippen molar-refractivity contribution in [2.45, 2.75) is 44.4 Å². The largest absolute Gasteiger partial charge is 0.399 e. The Morgan fingerprint density at radius 2 is 2.11 bits per heavy atom. The number of likely N-dealkylation sites (N-methyl/N-ethyl adjacent to an activating group) is 1. The smallest absolute Gasteiger partial charge is 0.0695 e. The average Bonchev–Trinajstić information content (AvgIpc) is 2.34.